The first kappa shape index (κ1) is 11.1. The van der Waals surface area contributed by atoms with E-state index in [2.05, 4.69) is 17.4 Å². The third kappa shape index (κ3) is 3.02. The van der Waals surface area contributed by atoms with Crippen molar-refractivity contribution in [3.05, 3.63) is 42.0 Å². The van der Waals surface area contributed by atoms with Gasteiger partial charge in [0, 0.05) is 0 Å². The van der Waals surface area contributed by atoms with Crippen molar-refractivity contribution in [3.8, 4) is 11.8 Å². The standard InChI is InChI=1S/C10H5F3NO/c1-2-7-3-4-9(8(5-7)6-14)15-10(11,12)13/h3-5H,1H2. The van der Waals surface area contributed by atoms with Crippen LogP contribution >= 0.6 is 0 Å². The Bertz CT molecular complexity index is 418. The lowest BCUT2D eigenvalue weighted by atomic mass is 10.1. The fourth-order valence-corrected chi connectivity index (χ4v) is 0.941. The van der Waals surface area contributed by atoms with Gasteiger partial charge in [-0.05, 0) is 23.8 Å². The minimum Gasteiger partial charge on any atom is -0.404 e. The molecule has 0 aromatic heterocycles. The van der Waals surface area contributed by atoms with Crippen molar-refractivity contribution in [1.82, 2.24) is 0 Å². The monoisotopic (exact) mass is 212 g/mol. The smallest absolute Gasteiger partial charge is 0.404 e. The van der Waals surface area contributed by atoms with E-state index in [0.29, 0.717) is 5.56 Å². The summed E-state index contributed by atoms with van der Waals surface area (Å²) in [7, 11) is 0. The molecule has 0 fully saturated rings. The van der Waals surface area contributed by atoms with E-state index in [1.54, 1.807) is 6.07 Å². The first-order chi connectivity index (χ1) is 6.96. The number of benzene rings is 1. The molecule has 0 aliphatic heterocycles. The Morgan fingerprint density at radius 3 is 2.47 bits per heavy atom. The summed E-state index contributed by atoms with van der Waals surface area (Å²) < 4.78 is 39.3. The number of nitriles is 1. The molecule has 0 unspecified atom stereocenters. The average molecular weight is 212 g/mol. The van der Waals surface area contributed by atoms with Gasteiger partial charge in [-0.2, -0.15) is 5.26 Å². The largest absolute Gasteiger partial charge is 0.573 e. The van der Waals surface area contributed by atoms with E-state index in [9.17, 15) is 13.2 Å². The highest BCUT2D eigenvalue weighted by Crippen LogP contribution is 2.26. The van der Waals surface area contributed by atoms with Gasteiger partial charge < -0.3 is 4.74 Å². The molecule has 0 amide bonds. The lowest BCUT2D eigenvalue weighted by molar-refractivity contribution is -0.274. The van der Waals surface area contributed by atoms with E-state index in [1.165, 1.54) is 12.1 Å². The van der Waals surface area contributed by atoms with Crippen LogP contribution in [0.15, 0.2) is 24.8 Å². The van der Waals surface area contributed by atoms with Gasteiger partial charge in [0.1, 0.15) is 11.8 Å². The van der Waals surface area contributed by atoms with Gasteiger partial charge in [0.2, 0.25) is 0 Å². The maximum atomic E-state index is 11.9. The molecule has 0 spiro atoms. The molecule has 0 saturated carbocycles. The number of rotatable bonds is 2. The van der Waals surface area contributed by atoms with Crippen molar-refractivity contribution in [1.29, 1.82) is 5.26 Å². The molecule has 1 radical (unpaired) electrons. The van der Waals surface area contributed by atoms with Crippen molar-refractivity contribution < 1.29 is 17.9 Å². The zero-order chi connectivity index (χ0) is 11.5. The van der Waals surface area contributed by atoms with Gasteiger partial charge in [0.05, 0.1) is 5.56 Å². The number of alkyl halides is 3. The van der Waals surface area contributed by atoms with Gasteiger partial charge >= 0.3 is 6.36 Å². The van der Waals surface area contributed by atoms with Crippen LogP contribution in [0.5, 0.6) is 5.75 Å². The zero-order valence-electron chi connectivity index (χ0n) is 7.43. The van der Waals surface area contributed by atoms with Crippen molar-refractivity contribution >= 4 is 0 Å². The number of hydrogen-bond donors (Lipinski definition) is 0. The van der Waals surface area contributed by atoms with Gasteiger partial charge in [-0.15, -0.1) is 13.2 Å². The normalized spacial score (nSPS) is 10.5. The SMILES string of the molecule is C=[C]c1ccc(OC(F)(F)F)c(C#N)c1. The van der Waals surface area contributed by atoms with Crippen LogP contribution in [0.4, 0.5) is 13.2 Å². The van der Waals surface area contributed by atoms with E-state index < -0.39 is 12.1 Å². The van der Waals surface area contributed by atoms with Crippen LogP contribution in [-0.2, 0) is 0 Å². The van der Waals surface area contributed by atoms with Crippen molar-refractivity contribution in [2.45, 2.75) is 6.36 Å². The predicted octanol–water partition coefficient (Wildman–Crippen LogP) is 2.79. The Balaban J connectivity index is 3.10. The van der Waals surface area contributed by atoms with E-state index in [4.69, 9.17) is 5.26 Å². The maximum Gasteiger partial charge on any atom is 0.573 e. The summed E-state index contributed by atoms with van der Waals surface area (Å²) in [5.74, 6) is -0.524. The molecule has 1 rings (SSSR count). The van der Waals surface area contributed by atoms with Gasteiger partial charge in [0.15, 0.2) is 0 Å². The average Bonchev–Trinajstić information content (AvgIpc) is 2.16. The van der Waals surface area contributed by atoms with Gasteiger partial charge in [-0.25, -0.2) is 0 Å². The second-order valence-electron chi connectivity index (χ2n) is 2.55. The van der Waals surface area contributed by atoms with Crippen molar-refractivity contribution in [2.24, 2.45) is 0 Å². The third-order valence-electron chi connectivity index (χ3n) is 1.53. The fraction of sp³-hybridized carbons (Fsp3) is 0.100. The van der Waals surface area contributed by atoms with E-state index >= 15 is 0 Å². The molecule has 5 heteroatoms. The Kier molecular flexibility index (Phi) is 3.00. The number of nitrogens with zero attached hydrogens (tertiary/aromatic N) is 1. The van der Waals surface area contributed by atoms with Crippen LogP contribution in [0.3, 0.4) is 0 Å². The van der Waals surface area contributed by atoms with Gasteiger partial charge in [-0.1, -0.05) is 12.6 Å². The van der Waals surface area contributed by atoms with Crippen LogP contribution in [0.1, 0.15) is 11.1 Å². The molecule has 1 aromatic carbocycles. The molecular weight excluding hydrogens is 207 g/mol. The maximum absolute atomic E-state index is 11.9. The lowest BCUT2D eigenvalue weighted by Crippen LogP contribution is -2.17. The molecule has 77 valence electrons. The number of halogens is 3. The second-order valence-corrected chi connectivity index (χ2v) is 2.55. The van der Waals surface area contributed by atoms with E-state index in [-0.39, 0.29) is 5.56 Å². The van der Waals surface area contributed by atoms with Gasteiger partial charge in [0.25, 0.3) is 0 Å². The molecule has 0 saturated heterocycles. The molecule has 0 N–H and O–H groups in total. The van der Waals surface area contributed by atoms with E-state index in [1.807, 2.05) is 0 Å². The fourth-order valence-electron chi connectivity index (χ4n) is 0.941. The minimum atomic E-state index is -4.80. The topological polar surface area (TPSA) is 33.0 Å². The molecule has 2 nitrogen and oxygen atoms in total. The summed E-state index contributed by atoms with van der Waals surface area (Å²) in [6.07, 6.45) is -2.35. The first-order valence-corrected chi connectivity index (χ1v) is 3.79. The molecule has 15 heavy (non-hydrogen) atoms. The number of ether oxygens (including phenoxy) is 1. The number of hydrogen-bond acceptors (Lipinski definition) is 2. The highest BCUT2D eigenvalue weighted by Gasteiger charge is 2.32. The van der Waals surface area contributed by atoms with Gasteiger partial charge in [-0.3, -0.25) is 0 Å². The summed E-state index contributed by atoms with van der Waals surface area (Å²) >= 11 is 0. The predicted molar refractivity (Wildman–Crippen MR) is 45.8 cm³/mol. The Labute approximate surface area is 84.2 Å². The lowest BCUT2D eigenvalue weighted by Gasteiger charge is -2.10. The third-order valence-corrected chi connectivity index (χ3v) is 1.53. The van der Waals surface area contributed by atoms with E-state index in [0.717, 1.165) is 6.07 Å². The second kappa shape index (κ2) is 4.05. The Morgan fingerprint density at radius 2 is 2.00 bits per heavy atom. The van der Waals surface area contributed by atoms with Crippen LogP contribution in [0.2, 0.25) is 0 Å². The first-order valence-electron chi connectivity index (χ1n) is 3.79. The highest BCUT2D eigenvalue weighted by molar-refractivity contribution is 5.46. The van der Waals surface area contributed by atoms with Crippen molar-refractivity contribution in [2.75, 3.05) is 0 Å². The molecule has 0 aliphatic rings. The van der Waals surface area contributed by atoms with Crippen LogP contribution in [0.25, 0.3) is 0 Å². The molecule has 0 aliphatic carbocycles. The molecule has 0 heterocycles. The van der Waals surface area contributed by atoms with Crippen molar-refractivity contribution in [3.63, 3.8) is 0 Å². The Morgan fingerprint density at radius 1 is 1.33 bits per heavy atom. The van der Waals surface area contributed by atoms with Crippen LogP contribution in [0, 0.1) is 17.4 Å². The summed E-state index contributed by atoms with van der Waals surface area (Å²) in [5, 5.41) is 8.59. The zero-order valence-corrected chi connectivity index (χ0v) is 7.43. The molecule has 0 atom stereocenters. The molecular formula is C10H5F3NO. The van der Waals surface area contributed by atoms with Crippen LogP contribution < -0.4 is 4.74 Å². The Hall–Kier alpha value is -1.96. The quantitative estimate of drug-likeness (QED) is 0.755. The summed E-state index contributed by atoms with van der Waals surface area (Å²) in [5.41, 5.74) is 0.224. The molecule has 1 aromatic rings. The summed E-state index contributed by atoms with van der Waals surface area (Å²) in [6.45, 7) is 3.31. The summed E-state index contributed by atoms with van der Waals surface area (Å²) in [6, 6.07) is 5.20. The minimum absolute atomic E-state index is 0.207. The highest BCUT2D eigenvalue weighted by atomic mass is 19.4. The van der Waals surface area contributed by atoms with Crippen LogP contribution in [-0.4, -0.2) is 6.36 Å². The molecule has 0 bridgehead atoms. The summed E-state index contributed by atoms with van der Waals surface area (Å²) in [4.78, 5) is 0.